The molecule has 2 aliphatic rings. The summed E-state index contributed by atoms with van der Waals surface area (Å²) in [6.45, 7) is 1.29. The molecule has 1 aromatic heterocycles. The number of hydrogen-bond acceptors (Lipinski definition) is 10. The zero-order valence-corrected chi connectivity index (χ0v) is 17.5. The molecule has 0 saturated carbocycles. The Morgan fingerprint density at radius 3 is 2.77 bits per heavy atom. The van der Waals surface area contributed by atoms with Crippen LogP contribution in [-0.4, -0.2) is 65.2 Å². The maximum atomic E-state index is 12.1. The monoisotopic (exact) mass is 408 g/mol. The van der Waals surface area contributed by atoms with E-state index in [2.05, 4.69) is 15.5 Å². The Kier molecular flexibility index (Phi) is 6.74. The van der Waals surface area contributed by atoms with Crippen LogP contribution >= 0.6 is 23.5 Å². The first kappa shape index (κ1) is 21.2. The summed E-state index contributed by atoms with van der Waals surface area (Å²) in [7, 11) is 0. The first-order valence-electron chi connectivity index (χ1n) is 7.10. The standard InChI is InChI=1S/C12H14N6O5S2.Na/c1-4(19)7-9(21)18-8(11(22)23)5(25-10(7)18)3-24-12-14-15-16-17(12)2-6(13)20;/h4,7,10,19H,2-3H2,1H3,(H2,13,20)(H,22,23);/q;+1/p-1/t4-,7?,10-;/m1./s1. The van der Waals surface area contributed by atoms with Crippen LogP contribution in [0.25, 0.3) is 0 Å². The molecule has 26 heavy (non-hydrogen) atoms. The quantitative estimate of drug-likeness (QED) is 0.252. The van der Waals surface area contributed by atoms with Crippen LogP contribution in [-0.2, 0) is 20.9 Å². The third-order valence-corrected chi connectivity index (χ3v) is 6.24. The molecule has 1 unspecified atom stereocenters. The minimum atomic E-state index is -1.46. The van der Waals surface area contributed by atoms with Gasteiger partial charge in [-0.15, -0.1) is 16.9 Å². The number of rotatable bonds is 7. The Balaban J connectivity index is 0.00000243. The van der Waals surface area contributed by atoms with Gasteiger partial charge < -0.3 is 20.7 Å². The minimum Gasteiger partial charge on any atom is -0.543 e. The van der Waals surface area contributed by atoms with Crippen molar-refractivity contribution in [2.45, 2.75) is 30.1 Å². The maximum absolute atomic E-state index is 12.1. The Hall–Kier alpha value is -1.12. The molecular formula is C12H13N6NaO5S2. The van der Waals surface area contributed by atoms with E-state index >= 15 is 0 Å². The molecule has 0 bridgehead atoms. The minimum absolute atomic E-state index is 0. The van der Waals surface area contributed by atoms with E-state index in [4.69, 9.17) is 5.73 Å². The maximum Gasteiger partial charge on any atom is 1.00 e. The van der Waals surface area contributed by atoms with Gasteiger partial charge in [-0.25, -0.2) is 4.68 Å². The molecule has 3 atom stereocenters. The molecule has 14 heteroatoms. The number of nitrogens with zero attached hydrogens (tertiary/aromatic N) is 5. The number of carboxylic acid groups (broad SMARTS) is 1. The van der Waals surface area contributed by atoms with E-state index in [1.165, 1.54) is 23.4 Å². The number of thioether (sulfide) groups is 2. The van der Waals surface area contributed by atoms with Gasteiger partial charge in [0.1, 0.15) is 11.9 Å². The Morgan fingerprint density at radius 2 is 2.19 bits per heavy atom. The molecule has 0 aliphatic carbocycles. The smallest absolute Gasteiger partial charge is 0.543 e. The van der Waals surface area contributed by atoms with Gasteiger partial charge in [0.2, 0.25) is 17.0 Å². The Labute approximate surface area is 178 Å². The zero-order valence-electron chi connectivity index (χ0n) is 13.9. The van der Waals surface area contributed by atoms with Crippen molar-refractivity contribution in [2.24, 2.45) is 11.7 Å². The number of aliphatic carboxylic acids is 1. The topological polar surface area (TPSA) is 167 Å². The van der Waals surface area contributed by atoms with Crippen molar-refractivity contribution in [2.75, 3.05) is 5.75 Å². The van der Waals surface area contributed by atoms with Gasteiger partial charge in [0, 0.05) is 10.7 Å². The Morgan fingerprint density at radius 1 is 1.50 bits per heavy atom. The van der Waals surface area contributed by atoms with Crippen LogP contribution in [0.2, 0.25) is 0 Å². The molecule has 3 N–H and O–H groups in total. The van der Waals surface area contributed by atoms with Crippen molar-refractivity contribution in [1.82, 2.24) is 25.1 Å². The van der Waals surface area contributed by atoms with Crippen LogP contribution in [0.15, 0.2) is 15.8 Å². The second-order valence-electron chi connectivity index (χ2n) is 5.42. The fourth-order valence-electron chi connectivity index (χ4n) is 2.62. The molecule has 2 amide bonds. The van der Waals surface area contributed by atoms with Gasteiger partial charge in [0.15, 0.2) is 0 Å². The van der Waals surface area contributed by atoms with Crippen molar-refractivity contribution in [3.8, 4) is 0 Å². The van der Waals surface area contributed by atoms with Gasteiger partial charge in [-0.1, -0.05) is 11.8 Å². The summed E-state index contributed by atoms with van der Waals surface area (Å²) in [6, 6.07) is 0. The van der Waals surface area contributed by atoms with E-state index in [1.807, 2.05) is 0 Å². The van der Waals surface area contributed by atoms with E-state index in [0.717, 1.165) is 16.7 Å². The largest absolute Gasteiger partial charge is 1.00 e. The number of hydrogen-bond donors (Lipinski definition) is 2. The average molecular weight is 408 g/mol. The average Bonchev–Trinajstić information content (AvgIpc) is 3.06. The molecule has 0 aromatic carbocycles. The molecule has 1 aromatic rings. The number of carbonyl (C=O) groups is 3. The van der Waals surface area contributed by atoms with Crippen LogP contribution in [0, 0.1) is 5.92 Å². The van der Waals surface area contributed by atoms with Gasteiger partial charge in [-0.3, -0.25) is 14.5 Å². The molecule has 134 valence electrons. The number of carboxylic acids is 1. The van der Waals surface area contributed by atoms with Gasteiger partial charge in [-0.05, 0) is 17.4 Å². The van der Waals surface area contributed by atoms with Crippen LogP contribution in [0.5, 0.6) is 0 Å². The van der Waals surface area contributed by atoms with Crippen LogP contribution in [0.1, 0.15) is 6.92 Å². The summed E-state index contributed by atoms with van der Waals surface area (Å²) in [6.07, 6.45) is -0.876. The number of aliphatic hydroxyl groups excluding tert-OH is 1. The number of tetrazole rings is 1. The molecule has 3 heterocycles. The number of primary amides is 1. The van der Waals surface area contributed by atoms with E-state index < -0.39 is 35.2 Å². The van der Waals surface area contributed by atoms with Crippen LogP contribution in [0.3, 0.4) is 0 Å². The summed E-state index contributed by atoms with van der Waals surface area (Å²) in [5.41, 5.74) is 4.91. The van der Waals surface area contributed by atoms with E-state index in [9.17, 15) is 24.6 Å². The summed E-state index contributed by atoms with van der Waals surface area (Å²) in [4.78, 5) is 36.1. The molecule has 1 saturated heterocycles. The van der Waals surface area contributed by atoms with Gasteiger partial charge in [0.05, 0.1) is 23.7 Å². The molecule has 2 aliphatic heterocycles. The number of fused-ring (bicyclic) bond motifs is 1. The summed E-state index contributed by atoms with van der Waals surface area (Å²) >= 11 is 2.30. The van der Waals surface area contributed by atoms with Gasteiger partial charge in [0.25, 0.3) is 0 Å². The number of aliphatic hydroxyl groups is 1. The first-order valence-corrected chi connectivity index (χ1v) is 8.97. The molecule has 11 nitrogen and oxygen atoms in total. The normalized spacial score (nSPS) is 22.5. The van der Waals surface area contributed by atoms with Crippen molar-refractivity contribution in [1.29, 1.82) is 0 Å². The van der Waals surface area contributed by atoms with E-state index in [0.29, 0.717) is 4.91 Å². The second kappa shape index (κ2) is 8.27. The van der Waals surface area contributed by atoms with Gasteiger partial charge >= 0.3 is 29.6 Å². The molecular weight excluding hydrogens is 395 g/mol. The molecule has 0 radical (unpaired) electrons. The van der Waals surface area contributed by atoms with E-state index in [1.54, 1.807) is 0 Å². The van der Waals surface area contributed by atoms with Crippen LogP contribution in [0.4, 0.5) is 0 Å². The number of carbonyl (C=O) groups excluding carboxylic acids is 3. The van der Waals surface area contributed by atoms with Crippen molar-refractivity contribution < 1.29 is 54.2 Å². The third-order valence-electron chi connectivity index (χ3n) is 3.70. The molecule has 1 fully saturated rings. The van der Waals surface area contributed by atoms with E-state index in [-0.39, 0.29) is 52.7 Å². The van der Waals surface area contributed by atoms with Crippen molar-refractivity contribution in [3.05, 3.63) is 10.6 Å². The summed E-state index contributed by atoms with van der Waals surface area (Å²) < 4.78 is 1.20. The summed E-state index contributed by atoms with van der Waals surface area (Å²) in [5.74, 6) is -3.00. The molecule has 0 spiro atoms. The van der Waals surface area contributed by atoms with Crippen LogP contribution < -0.4 is 40.4 Å². The predicted octanol–water partition coefficient (Wildman–Crippen LogP) is -5.87. The number of β-lactam (4-membered cyclic amide) rings is 1. The fourth-order valence-corrected chi connectivity index (χ4v) is 5.20. The second-order valence-corrected chi connectivity index (χ2v) is 7.57. The third kappa shape index (κ3) is 3.77. The predicted molar refractivity (Wildman–Crippen MR) is 83.2 cm³/mol. The zero-order chi connectivity index (χ0) is 18.3. The SMILES string of the molecule is C[C@@H](O)C1C(=O)N2C(C(=O)[O-])=C(CSc3nnnn3CC(N)=O)S[C@H]12.[Na+]. The van der Waals surface area contributed by atoms with Crippen molar-refractivity contribution in [3.63, 3.8) is 0 Å². The number of nitrogens with two attached hydrogens (primary N) is 1. The van der Waals surface area contributed by atoms with Crippen molar-refractivity contribution >= 4 is 41.3 Å². The fraction of sp³-hybridized carbons (Fsp3) is 0.500. The Bertz CT molecular complexity index is 784. The number of aromatic nitrogens is 4. The van der Waals surface area contributed by atoms with Gasteiger partial charge in [-0.2, -0.15) is 0 Å². The first-order chi connectivity index (χ1) is 11.8. The summed E-state index contributed by atoms with van der Waals surface area (Å²) in [5, 5.41) is 31.8. The number of amides is 2. The molecule has 3 rings (SSSR count).